The van der Waals surface area contributed by atoms with Gasteiger partial charge in [-0.1, -0.05) is 18.2 Å². The second-order valence-corrected chi connectivity index (χ2v) is 5.61. The summed E-state index contributed by atoms with van der Waals surface area (Å²) in [6.07, 6.45) is -0.688. The zero-order valence-electron chi connectivity index (χ0n) is 11.3. The molecular formula is C16H13FO3S. The summed E-state index contributed by atoms with van der Waals surface area (Å²) in [6, 6.07) is 12.0. The van der Waals surface area contributed by atoms with Crippen molar-refractivity contribution in [2.45, 2.75) is 11.0 Å². The molecule has 3 nitrogen and oxygen atoms in total. The minimum Gasteiger partial charge on any atom is -0.494 e. The van der Waals surface area contributed by atoms with Crippen molar-refractivity contribution in [2.24, 2.45) is 0 Å². The Kier molecular flexibility index (Phi) is 3.84. The topological polar surface area (TPSA) is 35.5 Å². The first kappa shape index (κ1) is 13.9. The second kappa shape index (κ2) is 5.77. The highest BCUT2D eigenvalue weighted by Crippen LogP contribution is 2.36. The maximum Gasteiger partial charge on any atom is 0.207 e. The normalized spacial score (nSPS) is 16.8. The van der Waals surface area contributed by atoms with Crippen LogP contribution in [0.2, 0.25) is 0 Å². The molecule has 0 amide bonds. The fourth-order valence-electron chi connectivity index (χ4n) is 2.18. The zero-order valence-corrected chi connectivity index (χ0v) is 12.2. The van der Waals surface area contributed by atoms with Gasteiger partial charge in [-0.15, -0.1) is 11.8 Å². The number of hydrogen-bond acceptors (Lipinski definition) is 4. The minimum atomic E-state index is -0.688. The highest BCUT2D eigenvalue weighted by Gasteiger charge is 2.29. The maximum absolute atomic E-state index is 14.2. The Morgan fingerprint density at radius 2 is 2.10 bits per heavy atom. The van der Waals surface area contributed by atoms with Gasteiger partial charge in [-0.25, -0.2) is 4.39 Å². The monoisotopic (exact) mass is 304 g/mol. The first-order chi connectivity index (χ1) is 10.2. The van der Waals surface area contributed by atoms with Crippen molar-refractivity contribution in [1.29, 1.82) is 0 Å². The van der Waals surface area contributed by atoms with Crippen molar-refractivity contribution < 1.29 is 18.7 Å². The molecule has 0 aliphatic carbocycles. The average molecular weight is 304 g/mol. The Morgan fingerprint density at radius 1 is 1.29 bits per heavy atom. The van der Waals surface area contributed by atoms with Crippen LogP contribution in [0.4, 0.5) is 4.39 Å². The molecule has 1 aliphatic heterocycles. The summed E-state index contributed by atoms with van der Waals surface area (Å²) in [4.78, 5) is 13.5. The van der Waals surface area contributed by atoms with Crippen molar-refractivity contribution in [3.63, 3.8) is 0 Å². The Hall–Kier alpha value is -2.01. The highest BCUT2D eigenvalue weighted by molar-refractivity contribution is 7.99. The highest BCUT2D eigenvalue weighted by atomic mass is 32.2. The number of hydrogen-bond donors (Lipinski definition) is 0. The van der Waals surface area contributed by atoms with E-state index in [4.69, 9.17) is 9.47 Å². The fourth-order valence-corrected chi connectivity index (χ4v) is 3.16. The maximum atomic E-state index is 14.2. The van der Waals surface area contributed by atoms with Gasteiger partial charge >= 0.3 is 0 Å². The molecule has 1 heterocycles. The smallest absolute Gasteiger partial charge is 0.207 e. The number of fused-ring (bicyclic) bond motifs is 1. The molecule has 0 aromatic heterocycles. The van der Waals surface area contributed by atoms with Crippen LogP contribution in [0.5, 0.6) is 11.5 Å². The average Bonchev–Trinajstić information content (AvgIpc) is 2.54. The number of carbonyl (C=O) groups is 1. The van der Waals surface area contributed by atoms with E-state index >= 15 is 0 Å². The van der Waals surface area contributed by atoms with E-state index in [0.29, 0.717) is 11.5 Å². The number of Topliss-reactive ketones (excluding diaryl/α,β-unsaturated/α-hetero) is 1. The van der Waals surface area contributed by atoms with Gasteiger partial charge in [0.2, 0.25) is 5.78 Å². The molecule has 1 atom stereocenters. The summed E-state index contributed by atoms with van der Waals surface area (Å²) in [5.74, 6) is 0.179. The number of carbonyl (C=O) groups excluding carboxylic acids is 1. The fraction of sp³-hybridized carbons (Fsp3) is 0.188. The van der Waals surface area contributed by atoms with E-state index < -0.39 is 11.9 Å². The van der Waals surface area contributed by atoms with E-state index in [0.717, 1.165) is 4.90 Å². The van der Waals surface area contributed by atoms with Crippen LogP contribution in [0.15, 0.2) is 47.4 Å². The van der Waals surface area contributed by atoms with E-state index in [-0.39, 0.29) is 17.1 Å². The van der Waals surface area contributed by atoms with Gasteiger partial charge in [0.1, 0.15) is 5.75 Å². The van der Waals surface area contributed by atoms with Crippen LogP contribution >= 0.6 is 11.8 Å². The molecule has 5 heteroatoms. The van der Waals surface area contributed by atoms with Crippen molar-refractivity contribution in [1.82, 2.24) is 0 Å². The van der Waals surface area contributed by atoms with E-state index in [1.807, 2.05) is 24.3 Å². The largest absolute Gasteiger partial charge is 0.494 e. The molecule has 0 saturated carbocycles. The van der Waals surface area contributed by atoms with Crippen LogP contribution in [0.3, 0.4) is 0 Å². The van der Waals surface area contributed by atoms with Crippen LogP contribution in [-0.4, -0.2) is 24.7 Å². The van der Waals surface area contributed by atoms with E-state index in [2.05, 4.69) is 0 Å². The van der Waals surface area contributed by atoms with Gasteiger partial charge in [0.05, 0.1) is 12.7 Å². The van der Waals surface area contributed by atoms with Gasteiger partial charge < -0.3 is 9.47 Å². The van der Waals surface area contributed by atoms with Crippen molar-refractivity contribution >= 4 is 17.5 Å². The van der Waals surface area contributed by atoms with E-state index in [9.17, 15) is 9.18 Å². The molecule has 0 fully saturated rings. The number of methoxy groups -OCH3 is 1. The minimum absolute atomic E-state index is 0.000619. The molecule has 3 rings (SSSR count). The third-order valence-corrected chi connectivity index (χ3v) is 4.37. The lowest BCUT2D eigenvalue weighted by atomic mass is 10.1. The molecule has 0 saturated heterocycles. The molecule has 0 bridgehead atoms. The number of para-hydroxylation sites is 1. The van der Waals surface area contributed by atoms with Gasteiger partial charge in [-0.05, 0) is 24.3 Å². The number of rotatable bonds is 3. The first-order valence-corrected chi connectivity index (χ1v) is 7.44. The molecular weight excluding hydrogens is 291 g/mol. The molecule has 0 N–H and O–H groups in total. The summed E-state index contributed by atoms with van der Waals surface area (Å²) in [5.41, 5.74) is -0.000619. The van der Waals surface area contributed by atoms with Gasteiger partial charge in [-0.2, -0.15) is 0 Å². The predicted octanol–water partition coefficient (Wildman–Crippen LogP) is 3.57. The molecule has 21 heavy (non-hydrogen) atoms. The number of halogens is 1. The van der Waals surface area contributed by atoms with Gasteiger partial charge in [-0.3, -0.25) is 4.79 Å². The molecule has 0 radical (unpaired) electrons. The van der Waals surface area contributed by atoms with Crippen LogP contribution in [0, 0.1) is 5.82 Å². The lowest BCUT2D eigenvalue weighted by molar-refractivity contribution is 0.0810. The Bertz CT molecular complexity index is 687. The lowest BCUT2D eigenvalue weighted by Gasteiger charge is -2.24. The Morgan fingerprint density at radius 3 is 2.90 bits per heavy atom. The lowest BCUT2D eigenvalue weighted by Crippen LogP contribution is -2.32. The first-order valence-electron chi connectivity index (χ1n) is 6.46. The zero-order chi connectivity index (χ0) is 14.8. The van der Waals surface area contributed by atoms with Crippen molar-refractivity contribution in [3.8, 4) is 11.5 Å². The summed E-state index contributed by atoms with van der Waals surface area (Å²) >= 11 is 1.54. The molecule has 1 unspecified atom stereocenters. The van der Waals surface area contributed by atoms with Crippen LogP contribution < -0.4 is 9.47 Å². The number of thioether (sulfide) groups is 1. The van der Waals surface area contributed by atoms with Crippen molar-refractivity contribution in [3.05, 3.63) is 53.8 Å². The van der Waals surface area contributed by atoms with Gasteiger partial charge in [0, 0.05) is 10.6 Å². The number of benzene rings is 2. The second-order valence-electron chi connectivity index (χ2n) is 4.55. The van der Waals surface area contributed by atoms with Crippen LogP contribution in [0.1, 0.15) is 10.4 Å². The van der Waals surface area contributed by atoms with Gasteiger partial charge in [0.15, 0.2) is 17.7 Å². The quantitative estimate of drug-likeness (QED) is 0.812. The molecule has 108 valence electrons. The summed E-state index contributed by atoms with van der Waals surface area (Å²) in [7, 11) is 1.37. The molecule has 1 aliphatic rings. The summed E-state index contributed by atoms with van der Waals surface area (Å²) < 4.78 is 24.8. The van der Waals surface area contributed by atoms with E-state index in [1.165, 1.54) is 31.0 Å². The molecule has 0 spiro atoms. The SMILES string of the molecule is COc1cccc(C(=O)C2CSc3ccccc3O2)c1F. The van der Waals surface area contributed by atoms with Gasteiger partial charge in [0.25, 0.3) is 0 Å². The molecule has 2 aromatic rings. The van der Waals surface area contributed by atoms with Crippen LogP contribution in [-0.2, 0) is 0 Å². The predicted molar refractivity (Wildman–Crippen MR) is 78.9 cm³/mol. The van der Waals surface area contributed by atoms with E-state index in [1.54, 1.807) is 6.07 Å². The standard InChI is InChI=1S/C16H13FO3S/c1-19-12-7-4-5-10(15(12)17)16(18)13-9-21-14-8-3-2-6-11(14)20-13/h2-8,13H,9H2,1H3. The Balaban J connectivity index is 1.87. The van der Waals surface area contributed by atoms with Crippen molar-refractivity contribution in [2.75, 3.05) is 12.9 Å². The Labute approximate surface area is 126 Å². The summed E-state index contributed by atoms with van der Waals surface area (Å²) in [5, 5.41) is 0. The third-order valence-electron chi connectivity index (χ3n) is 3.25. The molecule has 2 aromatic carbocycles. The summed E-state index contributed by atoms with van der Waals surface area (Å²) in [6.45, 7) is 0. The number of ketones is 1. The third kappa shape index (κ3) is 2.61. The van der Waals surface area contributed by atoms with Crippen LogP contribution in [0.25, 0.3) is 0 Å². The number of ether oxygens (including phenoxy) is 2.